The van der Waals surface area contributed by atoms with Crippen molar-refractivity contribution in [1.82, 2.24) is 0 Å². The minimum absolute atomic E-state index is 0.0917. The molecule has 10 aromatic rings. The van der Waals surface area contributed by atoms with Gasteiger partial charge in [-0.15, -0.1) is 0 Å². The van der Waals surface area contributed by atoms with Crippen molar-refractivity contribution in [2.45, 2.75) is 38.5 Å². The Morgan fingerprint density at radius 2 is 0.690 bits per heavy atom. The highest BCUT2D eigenvalue weighted by Gasteiger charge is 2.38. The zero-order valence-electron chi connectivity index (χ0n) is 33.3. The number of hydrogen-bond donors (Lipinski definition) is 0. The Labute approximate surface area is 340 Å². The summed E-state index contributed by atoms with van der Waals surface area (Å²) in [7, 11) is 0. The number of benzene rings is 10. The van der Waals surface area contributed by atoms with E-state index >= 15 is 0 Å². The van der Waals surface area contributed by atoms with E-state index in [0.717, 1.165) is 0 Å². The quantitative estimate of drug-likeness (QED) is 0.158. The second kappa shape index (κ2) is 11.9. The third kappa shape index (κ3) is 4.52. The number of rotatable bonds is 3. The fraction of sp³-hybridized carbons (Fsp3) is 0.103. The maximum atomic E-state index is 2.50. The van der Waals surface area contributed by atoms with Gasteiger partial charge in [-0.1, -0.05) is 191 Å². The topological polar surface area (TPSA) is 0 Å². The van der Waals surface area contributed by atoms with Crippen LogP contribution in [0.5, 0.6) is 0 Å². The van der Waals surface area contributed by atoms with Crippen LogP contribution in [0.4, 0.5) is 0 Å². The second-order valence-corrected chi connectivity index (χ2v) is 17.6. The molecule has 0 spiro atoms. The van der Waals surface area contributed by atoms with Crippen molar-refractivity contribution >= 4 is 43.1 Å². The first-order valence-corrected chi connectivity index (χ1v) is 20.7. The Bertz CT molecular complexity index is 3330. The molecule has 0 N–H and O–H groups in total. The van der Waals surface area contributed by atoms with E-state index in [1.54, 1.807) is 0 Å². The molecule has 0 saturated heterocycles. The summed E-state index contributed by atoms with van der Waals surface area (Å²) >= 11 is 0. The van der Waals surface area contributed by atoms with Crippen LogP contribution in [0.25, 0.3) is 98.7 Å². The van der Waals surface area contributed by atoms with Crippen molar-refractivity contribution < 1.29 is 0 Å². The van der Waals surface area contributed by atoms with E-state index in [9.17, 15) is 0 Å². The lowest BCUT2D eigenvalue weighted by Crippen LogP contribution is -2.16. The predicted octanol–water partition coefficient (Wildman–Crippen LogP) is 15.9. The van der Waals surface area contributed by atoms with Gasteiger partial charge < -0.3 is 0 Å². The summed E-state index contributed by atoms with van der Waals surface area (Å²) in [6.07, 6.45) is 0. The number of hydrogen-bond acceptors (Lipinski definition) is 0. The molecule has 0 heterocycles. The summed E-state index contributed by atoms with van der Waals surface area (Å²) in [4.78, 5) is 0. The Balaban J connectivity index is 0.983. The summed E-state index contributed by atoms with van der Waals surface area (Å²) in [5.74, 6) is 0. The summed E-state index contributed by atoms with van der Waals surface area (Å²) < 4.78 is 0. The normalized spacial score (nSPS) is 14.5. The smallest absolute Gasteiger partial charge is 0.0165 e. The number of fused-ring (bicyclic) bond motifs is 11. The zero-order valence-corrected chi connectivity index (χ0v) is 33.3. The van der Waals surface area contributed by atoms with Gasteiger partial charge in [0.05, 0.1) is 0 Å². The molecule has 0 amide bonds. The summed E-state index contributed by atoms with van der Waals surface area (Å²) in [5, 5.41) is 10.4. The van der Waals surface area contributed by atoms with Gasteiger partial charge in [0.25, 0.3) is 0 Å². The summed E-state index contributed by atoms with van der Waals surface area (Å²) in [5.41, 5.74) is 18.5. The fourth-order valence-electron chi connectivity index (χ4n) is 11.0. The van der Waals surface area contributed by atoms with Gasteiger partial charge in [-0.3, -0.25) is 0 Å². The van der Waals surface area contributed by atoms with Crippen molar-refractivity contribution in [3.05, 3.63) is 204 Å². The highest BCUT2D eigenvalue weighted by Crippen LogP contribution is 2.55. The molecule has 274 valence electrons. The first-order valence-electron chi connectivity index (χ1n) is 20.7. The van der Waals surface area contributed by atoms with Crippen LogP contribution in [0.1, 0.15) is 49.9 Å². The maximum absolute atomic E-state index is 2.50. The Kier molecular flexibility index (Phi) is 6.84. The Morgan fingerprint density at radius 1 is 0.276 bits per heavy atom. The van der Waals surface area contributed by atoms with Crippen LogP contribution in [0.3, 0.4) is 0 Å². The predicted molar refractivity (Wildman–Crippen MR) is 248 cm³/mol. The minimum atomic E-state index is -0.170. The van der Waals surface area contributed by atoms with Crippen molar-refractivity contribution in [2.24, 2.45) is 0 Å². The lowest BCUT2D eigenvalue weighted by Gasteiger charge is -2.24. The molecule has 0 aliphatic heterocycles. The van der Waals surface area contributed by atoms with Gasteiger partial charge >= 0.3 is 0 Å². The SMILES string of the molecule is CC1(C)c2cc(-c3ccc4c(c3)C(C)(C)c3c-4ccc4ccccc34)ccc2-c2ccc(-c3c4ccccc4c(-c4cccc5ccccc45)c4ccccc34)cc21. The highest BCUT2D eigenvalue weighted by atomic mass is 14.4. The third-order valence-corrected chi connectivity index (χ3v) is 13.8. The summed E-state index contributed by atoms with van der Waals surface area (Å²) in [6.45, 7) is 9.63. The van der Waals surface area contributed by atoms with E-state index in [4.69, 9.17) is 0 Å². The summed E-state index contributed by atoms with van der Waals surface area (Å²) in [6, 6.07) is 68.6. The van der Waals surface area contributed by atoms with Crippen molar-refractivity contribution in [3.8, 4) is 55.6 Å². The van der Waals surface area contributed by atoms with Crippen LogP contribution in [-0.2, 0) is 10.8 Å². The van der Waals surface area contributed by atoms with Gasteiger partial charge in [-0.2, -0.15) is 0 Å². The molecule has 0 nitrogen and oxygen atoms in total. The van der Waals surface area contributed by atoms with Gasteiger partial charge in [0, 0.05) is 10.8 Å². The van der Waals surface area contributed by atoms with Gasteiger partial charge in [0.2, 0.25) is 0 Å². The first-order chi connectivity index (χ1) is 28.3. The molecular weight excluding hydrogens is 697 g/mol. The van der Waals surface area contributed by atoms with Crippen molar-refractivity contribution in [3.63, 3.8) is 0 Å². The van der Waals surface area contributed by atoms with Gasteiger partial charge in [-0.05, 0) is 139 Å². The largest absolute Gasteiger partial charge is 0.0616 e. The molecular formula is C58H42. The van der Waals surface area contributed by atoms with Crippen LogP contribution in [-0.4, -0.2) is 0 Å². The van der Waals surface area contributed by atoms with Crippen LogP contribution < -0.4 is 0 Å². The van der Waals surface area contributed by atoms with Crippen LogP contribution >= 0.6 is 0 Å². The molecule has 58 heavy (non-hydrogen) atoms. The van der Waals surface area contributed by atoms with Gasteiger partial charge in [0.1, 0.15) is 0 Å². The maximum Gasteiger partial charge on any atom is 0.0165 e. The second-order valence-electron chi connectivity index (χ2n) is 17.6. The van der Waals surface area contributed by atoms with Crippen LogP contribution in [0.2, 0.25) is 0 Å². The van der Waals surface area contributed by atoms with Crippen molar-refractivity contribution in [2.75, 3.05) is 0 Å². The Morgan fingerprint density at radius 3 is 1.29 bits per heavy atom. The Hall–Kier alpha value is -6.76. The van der Waals surface area contributed by atoms with Crippen molar-refractivity contribution in [1.29, 1.82) is 0 Å². The zero-order chi connectivity index (χ0) is 38.9. The molecule has 2 aliphatic rings. The molecule has 0 atom stereocenters. The highest BCUT2D eigenvalue weighted by molar-refractivity contribution is 6.23. The molecule has 0 heteroatoms. The molecule has 0 unspecified atom stereocenters. The molecule has 0 bridgehead atoms. The average Bonchev–Trinajstić information content (AvgIpc) is 3.63. The molecule has 2 aliphatic carbocycles. The van der Waals surface area contributed by atoms with E-state index in [1.165, 1.54) is 121 Å². The van der Waals surface area contributed by atoms with E-state index in [0.29, 0.717) is 0 Å². The third-order valence-electron chi connectivity index (χ3n) is 13.8. The molecule has 10 aromatic carbocycles. The molecule has 0 fully saturated rings. The van der Waals surface area contributed by atoms with E-state index in [2.05, 4.69) is 210 Å². The fourth-order valence-corrected chi connectivity index (χ4v) is 11.0. The van der Waals surface area contributed by atoms with E-state index in [1.807, 2.05) is 0 Å². The molecule has 0 radical (unpaired) electrons. The van der Waals surface area contributed by atoms with E-state index < -0.39 is 0 Å². The first kappa shape index (κ1) is 33.4. The monoisotopic (exact) mass is 738 g/mol. The van der Waals surface area contributed by atoms with Crippen LogP contribution in [0, 0.1) is 0 Å². The average molecular weight is 739 g/mol. The van der Waals surface area contributed by atoms with Gasteiger partial charge in [-0.25, -0.2) is 0 Å². The van der Waals surface area contributed by atoms with Gasteiger partial charge in [0.15, 0.2) is 0 Å². The minimum Gasteiger partial charge on any atom is -0.0616 e. The lowest BCUT2D eigenvalue weighted by atomic mass is 9.79. The van der Waals surface area contributed by atoms with Crippen LogP contribution in [0.15, 0.2) is 182 Å². The molecule has 0 aromatic heterocycles. The molecule has 12 rings (SSSR count). The van der Waals surface area contributed by atoms with E-state index in [-0.39, 0.29) is 10.8 Å². The lowest BCUT2D eigenvalue weighted by molar-refractivity contribution is 0.660. The standard InChI is InChI=1S/C58H42/c1-57(2)51-32-37(38-26-29-44-50-31-24-36-15-6-8-18-41(36)56(50)58(3,4)53(44)33-38)25-28-42(51)43-30-27-39(34-52(43)57)54-46-19-9-11-21-48(46)55(49-22-12-10-20-47(49)54)45-23-13-16-35-14-5-7-17-40(35)45/h5-34H,1-4H3. The molecule has 0 saturated carbocycles.